The normalized spacial score (nSPS) is 19.6. The van der Waals surface area contributed by atoms with Crippen molar-refractivity contribution in [3.63, 3.8) is 0 Å². The van der Waals surface area contributed by atoms with Crippen LogP contribution in [0, 0.1) is 6.92 Å². The van der Waals surface area contributed by atoms with Gasteiger partial charge in [-0.3, -0.25) is 20.1 Å². The molecule has 3 rings (SSSR count). The van der Waals surface area contributed by atoms with Crippen LogP contribution in [0.1, 0.15) is 30.1 Å². The lowest BCUT2D eigenvalue weighted by Crippen LogP contribution is -2.39. The van der Waals surface area contributed by atoms with E-state index >= 15 is 0 Å². The van der Waals surface area contributed by atoms with Gasteiger partial charge in [0.05, 0.1) is 12.2 Å². The number of carbonyl (C=O) groups excluding carboxylic acids is 1. The number of piperidine rings is 1. The minimum absolute atomic E-state index is 0.0365. The van der Waals surface area contributed by atoms with E-state index in [0.717, 1.165) is 37.3 Å². The number of aromatic amines is 1. The number of aryl methyl sites for hydroxylation is 1. The van der Waals surface area contributed by atoms with Gasteiger partial charge in [-0.25, -0.2) is 0 Å². The molecule has 1 fully saturated rings. The van der Waals surface area contributed by atoms with Gasteiger partial charge in [-0.1, -0.05) is 11.3 Å². The summed E-state index contributed by atoms with van der Waals surface area (Å²) in [4.78, 5) is 14.2. The molecule has 8 heteroatoms. The molecule has 21 heavy (non-hydrogen) atoms. The van der Waals surface area contributed by atoms with E-state index in [2.05, 4.69) is 36.7 Å². The zero-order valence-electron chi connectivity index (χ0n) is 11.9. The molecule has 112 valence electrons. The maximum Gasteiger partial charge on any atom is 0.240 e. The fourth-order valence-corrected chi connectivity index (χ4v) is 3.14. The van der Waals surface area contributed by atoms with Crippen molar-refractivity contribution >= 4 is 22.4 Å². The predicted molar refractivity (Wildman–Crippen MR) is 80.3 cm³/mol. The summed E-state index contributed by atoms with van der Waals surface area (Å²) >= 11 is 1.33. The average Bonchev–Trinajstić information content (AvgIpc) is 3.10. The van der Waals surface area contributed by atoms with Crippen molar-refractivity contribution < 1.29 is 4.79 Å². The first-order valence-electron chi connectivity index (χ1n) is 7.01. The van der Waals surface area contributed by atoms with Crippen LogP contribution in [0.25, 0.3) is 0 Å². The molecule has 1 aliphatic rings. The Balaban J connectivity index is 1.55. The summed E-state index contributed by atoms with van der Waals surface area (Å²) in [7, 11) is 0. The van der Waals surface area contributed by atoms with Crippen molar-refractivity contribution in [2.24, 2.45) is 0 Å². The second-order valence-electron chi connectivity index (χ2n) is 5.34. The van der Waals surface area contributed by atoms with Gasteiger partial charge in [0, 0.05) is 18.2 Å². The number of nitrogens with one attached hydrogen (secondary N) is 2. The molecule has 1 amide bonds. The maximum atomic E-state index is 12.0. The molecule has 2 N–H and O–H groups in total. The zero-order chi connectivity index (χ0) is 14.7. The SMILES string of the molecule is Cc1cc([C@@H]2CCCN(CC(=O)Nc3nncs3)C2)n[nH]1. The lowest BCUT2D eigenvalue weighted by Gasteiger charge is -2.31. The molecule has 0 spiro atoms. The van der Waals surface area contributed by atoms with Crippen LogP contribution in [0.3, 0.4) is 0 Å². The predicted octanol–water partition coefficient (Wildman–Crippen LogP) is 1.39. The summed E-state index contributed by atoms with van der Waals surface area (Å²) in [6, 6.07) is 2.09. The van der Waals surface area contributed by atoms with Crippen molar-refractivity contribution in [3.05, 3.63) is 23.0 Å². The number of rotatable bonds is 4. The smallest absolute Gasteiger partial charge is 0.240 e. The number of nitrogens with zero attached hydrogens (tertiary/aromatic N) is 4. The number of carbonyl (C=O) groups is 1. The van der Waals surface area contributed by atoms with Gasteiger partial charge in [0.2, 0.25) is 11.0 Å². The van der Waals surface area contributed by atoms with Crippen LogP contribution in [-0.4, -0.2) is 50.8 Å². The average molecular weight is 306 g/mol. The zero-order valence-corrected chi connectivity index (χ0v) is 12.7. The Bertz CT molecular complexity index is 596. The van der Waals surface area contributed by atoms with Gasteiger partial charge in [0.15, 0.2) is 0 Å². The van der Waals surface area contributed by atoms with E-state index in [1.807, 2.05) is 6.92 Å². The third-order valence-electron chi connectivity index (χ3n) is 3.62. The van der Waals surface area contributed by atoms with Crippen LogP contribution in [0.5, 0.6) is 0 Å². The third-order valence-corrected chi connectivity index (χ3v) is 4.23. The summed E-state index contributed by atoms with van der Waals surface area (Å²) < 4.78 is 0. The summed E-state index contributed by atoms with van der Waals surface area (Å²) in [5.74, 6) is 0.364. The first-order valence-corrected chi connectivity index (χ1v) is 7.89. The van der Waals surface area contributed by atoms with Crippen LogP contribution in [0.15, 0.2) is 11.6 Å². The number of anilines is 1. The fraction of sp³-hybridized carbons (Fsp3) is 0.538. The van der Waals surface area contributed by atoms with E-state index in [-0.39, 0.29) is 5.91 Å². The van der Waals surface area contributed by atoms with E-state index in [4.69, 9.17) is 0 Å². The monoisotopic (exact) mass is 306 g/mol. The van der Waals surface area contributed by atoms with Crippen LogP contribution in [0.4, 0.5) is 5.13 Å². The molecule has 2 aromatic rings. The third kappa shape index (κ3) is 3.64. The number of likely N-dealkylation sites (tertiary alicyclic amines) is 1. The van der Waals surface area contributed by atoms with Gasteiger partial charge in [-0.2, -0.15) is 5.10 Å². The highest BCUT2D eigenvalue weighted by Gasteiger charge is 2.24. The summed E-state index contributed by atoms with van der Waals surface area (Å²) in [5, 5.41) is 18.2. The fourth-order valence-electron chi connectivity index (χ4n) is 2.68. The van der Waals surface area contributed by atoms with E-state index in [1.165, 1.54) is 11.3 Å². The summed E-state index contributed by atoms with van der Waals surface area (Å²) in [6.07, 6.45) is 2.21. The standard InChI is InChI=1S/C13H18N6OS/c1-9-5-11(17-16-9)10-3-2-4-19(6-10)7-12(20)15-13-18-14-8-21-13/h5,8,10H,2-4,6-7H2,1H3,(H,16,17)(H,15,18,20)/t10-/m1/s1. The Morgan fingerprint density at radius 3 is 3.24 bits per heavy atom. The first-order chi connectivity index (χ1) is 10.2. The highest BCUT2D eigenvalue weighted by Crippen LogP contribution is 2.25. The van der Waals surface area contributed by atoms with Crippen molar-refractivity contribution in [2.45, 2.75) is 25.7 Å². The Kier molecular flexibility index (Phi) is 4.26. The molecule has 0 unspecified atom stereocenters. The van der Waals surface area contributed by atoms with Crippen LogP contribution < -0.4 is 5.32 Å². The number of aromatic nitrogens is 4. The number of amides is 1. The van der Waals surface area contributed by atoms with Gasteiger partial charge in [0.1, 0.15) is 5.51 Å². The molecule has 0 saturated carbocycles. The molecule has 0 bridgehead atoms. The Morgan fingerprint density at radius 1 is 1.62 bits per heavy atom. The molecule has 1 atom stereocenters. The molecule has 0 radical (unpaired) electrons. The largest absolute Gasteiger partial charge is 0.299 e. The van der Waals surface area contributed by atoms with Gasteiger partial charge in [-0.05, 0) is 32.4 Å². The number of hydrogen-bond acceptors (Lipinski definition) is 6. The molecule has 3 heterocycles. The Hall–Kier alpha value is -1.80. The molecule has 0 aromatic carbocycles. The summed E-state index contributed by atoms with van der Waals surface area (Å²) in [6.45, 7) is 4.21. The second kappa shape index (κ2) is 6.31. The summed E-state index contributed by atoms with van der Waals surface area (Å²) in [5.41, 5.74) is 3.78. The maximum absolute atomic E-state index is 12.0. The van der Waals surface area contributed by atoms with Crippen molar-refractivity contribution in [1.29, 1.82) is 0 Å². The second-order valence-corrected chi connectivity index (χ2v) is 6.18. The lowest BCUT2D eigenvalue weighted by atomic mass is 9.94. The van der Waals surface area contributed by atoms with Gasteiger partial charge >= 0.3 is 0 Å². The number of H-pyrrole nitrogens is 1. The minimum Gasteiger partial charge on any atom is -0.299 e. The molecule has 7 nitrogen and oxygen atoms in total. The van der Waals surface area contributed by atoms with Crippen LogP contribution in [0.2, 0.25) is 0 Å². The van der Waals surface area contributed by atoms with Gasteiger partial charge in [0.25, 0.3) is 0 Å². The minimum atomic E-state index is -0.0365. The molecule has 1 aliphatic heterocycles. The molecule has 0 aliphatic carbocycles. The molecular formula is C13H18N6OS. The molecule has 1 saturated heterocycles. The van der Waals surface area contributed by atoms with Crippen LogP contribution in [-0.2, 0) is 4.79 Å². The highest BCUT2D eigenvalue weighted by molar-refractivity contribution is 7.13. The number of hydrogen-bond donors (Lipinski definition) is 2. The Morgan fingerprint density at radius 2 is 2.52 bits per heavy atom. The van der Waals surface area contributed by atoms with Crippen molar-refractivity contribution in [1.82, 2.24) is 25.3 Å². The van der Waals surface area contributed by atoms with E-state index in [0.29, 0.717) is 17.6 Å². The topological polar surface area (TPSA) is 86.8 Å². The van der Waals surface area contributed by atoms with E-state index < -0.39 is 0 Å². The van der Waals surface area contributed by atoms with Crippen molar-refractivity contribution in [2.75, 3.05) is 25.0 Å². The lowest BCUT2D eigenvalue weighted by molar-refractivity contribution is -0.117. The van der Waals surface area contributed by atoms with Crippen LogP contribution >= 0.6 is 11.3 Å². The molecular weight excluding hydrogens is 288 g/mol. The quantitative estimate of drug-likeness (QED) is 0.891. The van der Waals surface area contributed by atoms with E-state index in [9.17, 15) is 4.79 Å². The van der Waals surface area contributed by atoms with E-state index in [1.54, 1.807) is 5.51 Å². The first kappa shape index (κ1) is 14.2. The highest BCUT2D eigenvalue weighted by atomic mass is 32.1. The van der Waals surface area contributed by atoms with Crippen molar-refractivity contribution in [3.8, 4) is 0 Å². The molecule has 2 aromatic heterocycles. The Labute approximate surface area is 126 Å². The van der Waals surface area contributed by atoms with Gasteiger partial charge < -0.3 is 0 Å². The van der Waals surface area contributed by atoms with Gasteiger partial charge in [-0.15, -0.1) is 10.2 Å².